The Balaban J connectivity index is 0.000000400. The monoisotopic (exact) mass is 1080 g/mol. The van der Waals surface area contributed by atoms with Crippen LogP contribution in [-0.2, 0) is 38.1 Å². The zero-order chi connectivity index (χ0) is 58.5. The second-order valence-corrected chi connectivity index (χ2v) is 26.6. The highest BCUT2D eigenvalue weighted by Crippen LogP contribution is 2.41. The number of cyclic esters (lactones) is 2. The van der Waals surface area contributed by atoms with E-state index in [0.29, 0.717) is 24.7 Å². The number of Topliss-reactive ketones (excluding diaryl/α,β-unsaturated/α-hetero) is 2. The van der Waals surface area contributed by atoms with E-state index in [-0.39, 0.29) is 95.4 Å². The molecule has 0 aromatic carbocycles. The normalized spacial score (nSPS) is 48.4. The van der Waals surface area contributed by atoms with Crippen LogP contribution < -0.4 is 0 Å². The van der Waals surface area contributed by atoms with Gasteiger partial charge in [0.05, 0.1) is 60.7 Å². The molecule has 4 aliphatic rings. The van der Waals surface area contributed by atoms with Crippen LogP contribution in [0.25, 0.3) is 0 Å². The molecule has 76 heavy (non-hydrogen) atoms. The lowest BCUT2D eigenvalue weighted by Gasteiger charge is -2.45. The van der Waals surface area contributed by atoms with Crippen LogP contribution in [0.2, 0.25) is 0 Å². The SMILES string of the molecule is CC1C(=O)[C@H](C)C[C@H](C)[C@H](OC2C[C@H](C)C[C@H](N(C)C)[C@H]2O)[C@@H](C)[C@H](C)[C@@H](C)C(=O)O[C@H](C)[C@@](C)(O)[C@@H]1O.CC1C(=O)[C@H](C)C[C@H](C)[C@H](OC2C[C@H](C)C[C@H](N(C)C)[C@H]2O)[C@@H](C)[C@H](C)[C@@H](C)C(=O)O[C@H](C)[C@@](C)(O)[C@@H]1O. The van der Waals surface area contributed by atoms with Gasteiger partial charge in [-0.3, -0.25) is 19.2 Å². The number of hydrogen-bond acceptors (Lipinski definition) is 16. The van der Waals surface area contributed by atoms with Crippen molar-refractivity contribution in [2.24, 2.45) is 82.9 Å². The van der Waals surface area contributed by atoms with Gasteiger partial charge in [-0.1, -0.05) is 96.9 Å². The molecule has 16 heteroatoms. The third kappa shape index (κ3) is 16.1. The fourth-order valence-corrected chi connectivity index (χ4v) is 13.2. The summed E-state index contributed by atoms with van der Waals surface area (Å²) in [5, 5.41) is 66.6. The molecule has 28 atom stereocenters. The van der Waals surface area contributed by atoms with Gasteiger partial charge >= 0.3 is 11.9 Å². The number of ketones is 2. The summed E-state index contributed by atoms with van der Waals surface area (Å²) in [6, 6.07) is -0.00683. The minimum absolute atomic E-state index is 0.00341. The van der Waals surface area contributed by atoms with E-state index in [1.54, 1.807) is 27.7 Å². The standard InChI is InChI=1S/2C30H55NO7/c2*1-15-12-23(31(10)11)26(33)24(13-15)38-27-17(3)14-16(2)25(32)21(7)28(34)30(9,36)22(8)37-29(35)20(6)18(4)19(27)5/h2*15-24,26-28,33-34,36H,12-14H2,1-11H3/t2*15-,16-,17+,18+,19+,20-,21?,22-,23+,24?,26-,27+,28-,30-/m11/s1. The summed E-state index contributed by atoms with van der Waals surface area (Å²) in [6.45, 7) is 33.2. The first kappa shape index (κ1) is 68.2. The molecule has 0 amide bonds. The van der Waals surface area contributed by atoms with Gasteiger partial charge in [-0.2, -0.15) is 0 Å². The summed E-state index contributed by atoms with van der Waals surface area (Å²) in [5.74, 6) is -4.33. The van der Waals surface area contributed by atoms with E-state index < -0.39 is 83.4 Å². The number of likely N-dealkylation sites (N-methyl/N-ethyl adjacent to an activating group) is 2. The van der Waals surface area contributed by atoms with E-state index in [9.17, 15) is 49.8 Å². The molecular weight excluding hydrogens is 973 g/mol. The maximum absolute atomic E-state index is 13.4. The first-order valence-electron chi connectivity index (χ1n) is 29.1. The van der Waals surface area contributed by atoms with Crippen molar-refractivity contribution in [2.75, 3.05) is 28.2 Å². The van der Waals surface area contributed by atoms with E-state index in [1.807, 2.05) is 69.7 Å². The Kier molecular flexibility index (Phi) is 25.1. The molecule has 0 spiro atoms. The van der Waals surface area contributed by atoms with Gasteiger partial charge in [0, 0.05) is 35.8 Å². The van der Waals surface area contributed by atoms with Gasteiger partial charge in [0.1, 0.15) is 35.0 Å². The predicted molar refractivity (Wildman–Crippen MR) is 295 cm³/mol. The van der Waals surface area contributed by atoms with Gasteiger partial charge < -0.3 is 59.4 Å². The van der Waals surface area contributed by atoms with Crippen molar-refractivity contribution in [3.05, 3.63) is 0 Å². The largest absolute Gasteiger partial charge is 0.459 e. The summed E-state index contributed by atoms with van der Waals surface area (Å²) in [5.41, 5.74) is -3.56. The molecule has 444 valence electrons. The van der Waals surface area contributed by atoms with Crippen molar-refractivity contribution in [1.29, 1.82) is 0 Å². The number of ether oxygens (including phenoxy) is 4. The fraction of sp³-hybridized carbons (Fsp3) is 0.933. The number of aliphatic hydroxyl groups is 6. The highest BCUT2D eigenvalue weighted by Gasteiger charge is 2.50. The number of rotatable bonds is 6. The number of nitrogens with zero attached hydrogens (tertiary/aromatic N) is 2. The molecule has 2 aliphatic carbocycles. The molecule has 6 N–H and O–H groups in total. The average molecular weight is 1080 g/mol. The van der Waals surface area contributed by atoms with Gasteiger partial charge in [-0.05, 0) is 142 Å². The Bertz CT molecular complexity index is 1730. The van der Waals surface area contributed by atoms with Crippen molar-refractivity contribution in [2.45, 2.75) is 247 Å². The minimum Gasteiger partial charge on any atom is -0.459 e. The van der Waals surface area contributed by atoms with Crippen LogP contribution in [-0.4, -0.2) is 176 Å². The first-order chi connectivity index (χ1) is 34.8. The van der Waals surface area contributed by atoms with E-state index in [0.717, 1.165) is 25.7 Å². The van der Waals surface area contributed by atoms with Crippen molar-refractivity contribution < 1.29 is 68.8 Å². The first-order valence-corrected chi connectivity index (χ1v) is 29.1. The second-order valence-electron chi connectivity index (χ2n) is 26.6. The third-order valence-electron chi connectivity index (χ3n) is 19.9. The van der Waals surface area contributed by atoms with Crippen LogP contribution in [0, 0.1) is 82.9 Å². The Morgan fingerprint density at radius 3 is 1.01 bits per heavy atom. The van der Waals surface area contributed by atoms with Gasteiger partial charge in [0.15, 0.2) is 0 Å². The summed E-state index contributed by atoms with van der Waals surface area (Å²) < 4.78 is 24.9. The van der Waals surface area contributed by atoms with Crippen LogP contribution in [0.4, 0.5) is 0 Å². The Hall–Kier alpha value is -2.12. The minimum atomic E-state index is -1.78. The Labute approximate surface area is 459 Å². The molecule has 0 aromatic rings. The number of hydrogen-bond donors (Lipinski definition) is 6. The zero-order valence-electron chi connectivity index (χ0n) is 51.1. The summed E-state index contributed by atoms with van der Waals surface area (Å²) in [6.07, 6.45) is -3.00. The lowest BCUT2D eigenvalue weighted by atomic mass is 9.73. The van der Waals surface area contributed by atoms with Gasteiger partial charge in [0.25, 0.3) is 0 Å². The Morgan fingerprint density at radius 1 is 0.447 bits per heavy atom. The highest BCUT2D eigenvalue weighted by atomic mass is 16.6. The molecule has 0 aromatic heterocycles. The Morgan fingerprint density at radius 2 is 0.737 bits per heavy atom. The molecule has 0 bridgehead atoms. The summed E-state index contributed by atoms with van der Waals surface area (Å²) in [7, 11) is 7.91. The van der Waals surface area contributed by atoms with E-state index >= 15 is 0 Å². The van der Waals surface area contributed by atoms with Gasteiger partial charge in [-0.25, -0.2) is 0 Å². The van der Waals surface area contributed by atoms with Crippen molar-refractivity contribution in [1.82, 2.24) is 9.80 Å². The number of carbonyl (C=O) groups is 4. The molecule has 4 rings (SSSR count). The molecule has 0 radical (unpaired) electrons. The number of aliphatic hydroxyl groups excluding tert-OH is 4. The molecular formula is C60H110N2O14. The highest BCUT2D eigenvalue weighted by molar-refractivity contribution is 5.84. The topological polar surface area (TPSA) is 233 Å². The van der Waals surface area contributed by atoms with Crippen LogP contribution in [0.5, 0.6) is 0 Å². The maximum Gasteiger partial charge on any atom is 0.309 e. The van der Waals surface area contributed by atoms with Crippen molar-refractivity contribution >= 4 is 23.5 Å². The molecule has 2 aliphatic heterocycles. The number of esters is 2. The third-order valence-corrected chi connectivity index (χ3v) is 19.9. The van der Waals surface area contributed by atoms with Gasteiger partial charge in [0.2, 0.25) is 0 Å². The predicted octanol–water partition coefficient (Wildman–Crippen LogP) is 6.59. The van der Waals surface area contributed by atoms with Gasteiger partial charge in [-0.15, -0.1) is 0 Å². The summed E-state index contributed by atoms with van der Waals surface area (Å²) in [4.78, 5) is 57.2. The molecule has 4 fully saturated rings. The number of carbonyl (C=O) groups excluding carboxylic acids is 4. The van der Waals surface area contributed by atoms with Crippen LogP contribution in [0.1, 0.15) is 163 Å². The van der Waals surface area contributed by atoms with Crippen molar-refractivity contribution in [3.63, 3.8) is 0 Å². The molecule has 16 nitrogen and oxygen atoms in total. The fourth-order valence-electron chi connectivity index (χ4n) is 13.2. The lowest BCUT2D eigenvalue weighted by Crippen LogP contribution is -2.55. The molecule has 2 saturated carbocycles. The molecule has 2 saturated heterocycles. The van der Waals surface area contributed by atoms with E-state index in [2.05, 4.69) is 51.3 Å². The maximum atomic E-state index is 13.4. The molecule has 4 unspecified atom stereocenters. The quantitative estimate of drug-likeness (QED) is 0.154. The van der Waals surface area contributed by atoms with Crippen molar-refractivity contribution in [3.8, 4) is 0 Å². The lowest BCUT2D eigenvalue weighted by molar-refractivity contribution is -0.190. The van der Waals surface area contributed by atoms with E-state index in [4.69, 9.17) is 18.9 Å². The molecule has 2 heterocycles. The smallest absolute Gasteiger partial charge is 0.309 e. The van der Waals surface area contributed by atoms with Crippen LogP contribution in [0.15, 0.2) is 0 Å². The van der Waals surface area contributed by atoms with E-state index in [1.165, 1.54) is 13.8 Å². The second kappa shape index (κ2) is 28.0. The van der Waals surface area contributed by atoms with Crippen LogP contribution in [0.3, 0.4) is 0 Å². The van der Waals surface area contributed by atoms with Crippen LogP contribution >= 0.6 is 0 Å². The average Bonchev–Trinajstić information content (AvgIpc) is 3.34. The summed E-state index contributed by atoms with van der Waals surface area (Å²) >= 11 is 0. The zero-order valence-corrected chi connectivity index (χ0v) is 51.1.